The maximum Gasteiger partial charge on any atom is 0.244 e. The van der Waals surface area contributed by atoms with Crippen LogP contribution in [0.15, 0.2) is 0 Å². The monoisotopic (exact) mass is 324 g/mol. The molecular weight excluding hydrogens is 296 g/mol. The summed E-state index contributed by atoms with van der Waals surface area (Å²) in [4.78, 5) is 39.9. The molecule has 0 saturated carbocycles. The van der Waals surface area contributed by atoms with Crippen LogP contribution in [0.25, 0.3) is 0 Å². The molecule has 2 aliphatic heterocycles. The largest absolute Gasteiger partial charge is 0.332 e. The van der Waals surface area contributed by atoms with Crippen LogP contribution in [0, 0.1) is 5.92 Å². The van der Waals surface area contributed by atoms with E-state index in [0.717, 1.165) is 6.42 Å². The van der Waals surface area contributed by atoms with Crippen LogP contribution < -0.4 is 10.6 Å². The fourth-order valence-corrected chi connectivity index (χ4v) is 3.35. The lowest BCUT2D eigenvalue weighted by Gasteiger charge is -2.35. The van der Waals surface area contributed by atoms with E-state index in [1.165, 1.54) is 4.90 Å². The Labute approximate surface area is 137 Å². The summed E-state index contributed by atoms with van der Waals surface area (Å²) in [7, 11) is 0. The van der Waals surface area contributed by atoms with Gasteiger partial charge in [0.05, 0.1) is 11.7 Å². The Bertz CT molecular complexity index is 527. The van der Waals surface area contributed by atoms with Crippen LogP contribution in [0.1, 0.15) is 48.0 Å². The SMILES string of the molecule is CC(C)CC1NC(C)(C)N(CC(=O)N2CC(=O)NC2(C)C)C1=O. The molecule has 2 rings (SSSR count). The van der Waals surface area contributed by atoms with E-state index in [2.05, 4.69) is 24.5 Å². The summed E-state index contributed by atoms with van der Waals surface area (Å²) < 4.78 is 0. The molecule has 2 saturated heterocycles. The van der Waals surface area contributed by atoms with E-state index in [1.54, 1.807) is 18.7 Å². The Balaban J connectivity index is 2.11. The van der Waals surface area contributed by atoms with E-state index in [4.69, 9.17) is 0 Å². The first kappa shape index (κ1) is 17.7. The molecule has 0 aliphatic carbocycles. The van der Waals surface area contributed by atoms with Gasteiger partial charge in [-0.1, -0.05) is 13.8 Å². The third kappa shape index (κ3) is 3.49. The fraction of sp³-hybridized carbons (Fsp3) is 0.812. The van der Waals surface area contributed by atoms with Crippen molar-refractivity contribution in [2.24, 2.45) is 5.92 Å². The standard InChI is InChI=1S/C16H28N4O3/c1-10(2)7-11-14(23)20(15(3,4)17-11)9-13(22)19-8-12(21)18-16(19,5)6/h10-11,17H,7-9H2,1-6H3,(H,18,21). The number of rotatable bonds is 4. The quantitative estimate of drug-likeness (QED) is 0.777. The topological polar surface area (TPSA) is 81.8 Å². The predicted octanol–water partition coefficient (Wildman–Crippen LogP) is 0.264. The van der Waals surface area contributed by atoms with Gasteiger partial charge < -0.3 is 15.1 Å². The zero-order valence-corrected chi connectivity index (χ0v) is 14.9. The van der Waals surface area contributed by atoms with Crippen molar-refractivity contribution in [3.63, 3.8) is 0 Å². The van der Waals surface area contributed by atoms with Gasteiger partial charge in [0.25, 0.3) is 0 Å². The minimum atomic E-state index is -0.716. The van der Waals surface area contributed by atoms with Gasteiger partial charge in [-0.25, -0.2) is 0 Å². The molecule has 2 heterocycles. The van der Waals surface area contributed by atoms with Crippen LogP contribution in [0.4, 0.5) is 0 Å². The summed E-state index contributed by atoms with van der Waals surface area (Å²) in [6.07, 6.45) is 0.738. The van der Waals surface area contributed by atoms with Crippen molar-refractivity contribution in [1.29, 1.82) is 0 Å². The van der Waals surface area contributed by atoms with E-state index >= 15 is 0 Å². The molecule has 130 valence electrons. The molecular formula is C16H28N4O3. The van der Waals surface area contributed by atoms with E-state index < -0.39 is 11.3 Å². The zero-order valence-electron chi connectivity index (χ0n) is 14.9. The molecule has 1 atom stereocenters. The lowest BCUT2D eigenvalue weighted by Crippen LogP contribution is -2.55. The smallest absolute Gasteiger partial charge is 0.244 e. The van der Waals surface area contributed by atoms with Crippen LogP contribution in [0.3, 0.4) is 0 Å². The summed E-state index contributed by atoms with van der Waals surface area (Å²) in [5, 5.41) is 6.07. The van der Waals surface area contributed by atoms with Gasteiger partial charge in [-0.05, 0) is 40.0 Å². The normalized spacial score (nSPS) is 26.1. The predicted molar refractivity (Wildman–Crippen MR) is 86.1 cm³/mol. The molecule has 23 heavy (non-hydrogen) atoms. The van der Waals surface area contributed by atoms with Crippen LogP contribution >= 0.6 is 0 Å². The molecule has 2 aliphatic rings. The van der Waals surface area contributed by atoms with Gasteiger partial charge in [0.15, 0.2) is 0 Å². The molecule has 0 radical (unpaired) electrons. The van der Waals surface area contributed by atoms with Crippen LogP contribution in [0.2, 0.25) is 0 Å². The second-order valence-corrected chi connectivity index (χ2v) is 7.90. The van der Waals surface area contributed by atoms with E-state index in [0.29, 0.717) is 5.92 Å². The zero-order chi connectivity index (χ0) is 17.6. The van der Waals surface area contributed by atoms with Crippen molar-refractivity contribution in [3.05, 3.63) is 0 Å². The third-order valence-corrected chi connectivity index (χ3v) is 4.49. The van der Waals surface area contributed by atoms with Gasteiger partial charge in [0, 0.05) is 0 Å². The lowest BCUT2D eigenvalue weighted by molar-refractivity contribution is -0.144. The molecule has 0 spiro atoms. The van der Waals surface area contributed by atoms with Gasteiger partial charge in [-0.15, -0.1) is 0 Å². The van der Waals surface area contributed by atoms with E-state index in [9.17, 15) is 14.4 Å². The van der Waals surface area contributed by atoms with Crippen molar-refractivity contribution in [2.75, 3.05) is 13.1 Å². The second-order valence-electron chi connectivity index (χ2n) is 7.90. The van der Waals surface area contributed by atoms with E-state index in [1.807, 2.05) is 13.8 Å². The highest BCUT2D eigenvalue weighted by atomic mass is 16.2. The summed E-state index contributed by atoms with van der Waals surface area (Å²) in [5.41, 5.74) is -1.29. The average Bonchev–Trinajstić information content (AvgIpc) is 2.75. The Morgan fingerprint density at radius 3 is 2.30 bits per heavy atom. The van der Waals surface area contributed by atoms with Gasteiger partial charge in [-0.3, -0.25) is 19.7 Å². The number of carbonyl (C=O) groups excluding carboxylic acids is 3. The van der Waals surface area contributed by atoms with Crippen molar-refractivity contribution in [3.8, 4) is 0 Å². The summed E-state index contributed by atoms with van der Waals surface area (Å²) in [5.74, 6) is -0.0523. The Hall–Kier alpha value is -1.63. The minimum absolute atomic E-state index is 0.0220. The molecule has 0 aromatic heterocycles. The molecule has 2 fully saturated rings. The minimum Gasteiger partial charge on any atom is -0.332 e. The molecule has 0 bridgehead atoms. The Morgan fingerprint density at radius 1 is 1.22 bits per heavy atom. The van der Waals surface area contributed by atoms with Crippen molar-refractivity contribution < 1.29 is 14.4 Å². The lowest BCUT2D eigenvalue weighted by atomic mass is 10.0. The van der Waals surface area contributed by atoms with Crippen molar-refractivity contribution in [2.45, 2.75) is 65.3 Å². The molecule has 0 aromatic carbocycles. The molecule has 7 heteroatoms. The number of nitrogens with zero attached hydrogens (tertiary/aromatic N) is 2. The van der Waals surface area contributed by atoms with E-state index in [-0.39, 0.29) is 36.9 Å². The fourth-order valence-electron chi connectivity index (χ4n) is 3.35. The molecule has 0 aromatic rings. The third-order valence-electron chi connectivity index (χ3n) is 4.49. The van der Waals surface area contributed by atoms with Crippen LogP contribution in [-0.2, 0) is 14.4 Å². The van der Waals surface area contributed by atoms with Crippen LogP contribution in [-0.4, -0.2) is 58.0 Å². The first-order valence-electron chi connectivity index (χ1n) is 8.14. The summed E-state index contributed by atoms with van der Waals surface area (Å²) >= 11 is 0. The summed E-state index contributed by atoms with van der Waals surface area (Å²) in [6.45, 7) is 11.5. The molecule has 7 nitrogen and oxygen atoms in total. The first-order valence-corrected chi connectivity index (χ1v) is 8.14. The Morgan fingerprint density at radius 2 is 1.83 bits per heavy atom. The Kier molecular flexibility index (Phi) is 4.45. The highest BCUT2D eigenvalue weighted by Gasteiger charge is 2.47. The number of amides is 3. The second kappa shape index (κ2) is 5.78. The molecule has 2 N–H and O–H groups in total. The number of nitrogens with one attached hydrogen (secondary N) is 2. The number of hydrogen-bond donors (Lipinski definition) is 2. The van der Waals surface area contributed by atoms with Gasteiger partial charge >= 0.3 is 0 Å². The van der Waals surface area contributed by atoms with Crippen LogP contribution in [0.5, 0.6) is 0 Å². The average molecular weight is 324 g/mol. The van der Waals surface area contributed by atoms with Crippen molar-refractivity contribution >= 4 is 17.7 Å². The highest BCUT2D eigenvalue weighted by Crippen LogP contribution is 2.25. The highest BCUT2D eigenvalue weighted by molar-refractivity contribution is 5.93. The van der Waals surface area contributed by atoms with Gasteiger partial charge in [-0.2, -0.15) is 0 Å². The maximum absolute atomic E-state index is 12.6. The number of hydrogen-bond acceptors (Lipinski definition) is 4. The number of carbonyl (C=O) groups is 3. The van der Waals surface area contributed by atoms with Crippen molar-refractivity contribution in [1.82, 2.24) is 20.4 Å². The molecule has 3 amide bonds. The first-order chi connectivity index (χ1) is 10.4. The summed E-state index contributed by atoms with van der Waals surface area (Å²) in [6, 6.07) is -0.260. The van der Waals surface area contributed by atoms with Gasteiger partial charge in [0.2, 0.25) is 17.7 Å². The van der Waals surface area contributed by atoms with Gasteiger partial charge in [0.1, 0.15) is 18.8 Å². The molecule has 1 unspecified atom stereocenters. The maximum atomic E-state index is 12.6.